The Labute approximate surface area is 214 Å². The summed E-state index contributed by atoms with van der Waals surface area (Å²) in [6, 6.07) is 6.00. The zero-order chi connectivity index (χ0) is 23.3. The van der Waals surface area contributed by atoms with Crippen molar-refractivity contribution < 1.29 is 9.21 Å². The van der Waals surface area contributed by atoms with Crippen molar-refractivity contribution in [3.8, 4) is 6.07 Å². The number of piperidine rings is 1. The highest BCUT2D eigenvalue weighted by Gasteiger charge is 2.32. The molecule has 2 N–H and O–H groups in total. The van der Waals surface area contributed by atoms with Crippen LogP contribution < -0.4 is 10.6 Å². The number of amides is 1. The molecule has 1 aliphatic heterocycles. The van der Waals surface area contributed by atoms with Gasteiger partial charge < -0.3 is 20.0 Å². The van der Waals surface area contributed by atoms with Crippen LogP contribution in [0.3, 0.4) is 0 Å². The smallest absolute Gasteiger partial charge is 0.259 e. The average Bonchev–Trinajstić information content (AvgIpc) is 3.28. The molecule has 0 aliphatic carbocycles. The quantitative estimate of drug-likeness (QED) is 0.567. The van der Waals surface area contributed by atoms with Crippen molar-refractivity contribution in [2.45, 2.75) is 59.0 Å². The molecule has 0 radical (unpaired) electrons. The molecule has 2 aromatic rings. The molecule has 10 heteroatoms. The first kappa shape index (κ1) is 29.7. The highest BCUT2D eigenvalue weighted by Crippen LogP contribution is 2.25. The standard InChI is InChI=1S/C24H34N6O2.2ClH/c1-16(2)15-30(18-9-17(10-25)11-26-12-18)22(31)20-14-28-23(24(3,4)5)29-21(20)27-13-19-7-6-8-32-19;;/h6-8,14,16-18,26H,9,11-13,15H2,1-5H3,(H,27,28,29);2*1H. The maximum atomic E-state index is 13.8. The lowest BCUT2D eigenvalue weighted by molar-refractivity contribution is 0.0604. The fraction of sp³-hybridized carbons (Fsp3) is 0.583. The normalized spacial score (nSPS) is 17.8. The lowest BCUT2D eigenvalue weighted by Crippen LogP contribution is -2.52. The summed E-state index contributed by atoms with van der Waals surface area (Å²) in [5.41, 5.74) is 0.178. The highest BCUT2D eigenvalue weighted by atomic mass is 35.5. The zero-order valence-corrected chi connectivity index (χ0v) is 22.1. The molecule has 2 aromatic heterocycles. The van der Waals surface area contributed by atoms with Crippen LogP contribution in [-0.4, -0.2) is 46.5 Å². The van der Waals surface area contributed by atoms with Crippen LogP contribution in [0, 0.1) is 23.2 Å². The van der Waals surface area contributed by atoms with Crippen molar-refractivity contribution >= 4 is 36.5 Å². The van der Waals surface area contributed by atoms with Gasteiger partial charge in [-0.2, -0.15) is 5.26 Å². The van der Waals surface area contributed by atoms with Crippen molar-refractivity contribution in [2.75, 3.05) is 25.0 Å². The minimum Gasteiger partial charge on any atom is -0.467 e. The molecule has 0 bridgehead atoms. The molecule has 1 saturated heterocycles. The van der Waals surface area contributed by atoms with E-state index < -0.39 is 0 Å². The number of carbonyl (C=O) groups excluding carboxylic acids is 1. The van der Waals surface area contributed by atoms with Crippen LogP contribution in [0.15, 0.2) is 29.0 Å². The summed E-state index contributed by atoms with van der Waals surface area (Å²) < 4.78 is 5.43. The summed E-state index contributed by atoms with van der Waals surface area (Å²) in [7, 11) is 0. The lowest BCUT2D eigenvalue weighted by atomic mass is 9.94. The van der Waals surface area contributed by atoms with Crippen LogP contribution in [0.5, 0.6) is 0 Å². The summed E-state index contributed by atoms with van der Waals surface area (Å²) in [5.74, 6) is 1.98. The number of halogens is 2. The molecule has 8 nitrogen and oxygen atoms in total. The maximum absolute atomic E-state index is 13.8. The number of rotatable bonds is 7. The van der Waals surface area contributed by atoms with Gasteiger partial charge in [-0.3, -0.25) is 4.79 Å². The highest BCUT2D eigenvalue weighted by molar-refractivity contribution is 5.98. The Kier molecular flexibility index (Phi) is 11.3. The van der Waals surface area contributed by atoms with E-state index in [1.165, 1.54) is 0 Å². The first-order valence-corrected chi connectivity index (χ1v) is 11.2. The summed E-state index contributed by atoms with van der Waals surface area (Å²) in [6.45, 7) is 12.7. The third-order valence-electron chi connectivity index (χ3n) is 5.47. The first-order valence-electron chi connectivity index (χ1n) is 11.2. The molecule has 188 valence electrons. The van der Waals surface area contributed by atoms with E-state index in [1.54, 1.807) is 12.5 Å². The van der Waals surface area contributed by atoms with E-state index >= 15 is 0 Å². The molecule has 3 rings (SSSR count). The minimum atomic E-state index is -0.256. The molecule has 2 unspecified atom stereocenters. The number of hydrogen-bond donors (Lipinski definition) is 2. The third-order valence-corrected chi connectivity index (χ3v) is 5.47. The summed E-state index contributed by atoms with van der Waals surface area (Å²) in [6.07, 6.45) is 3.92. The Morgan fingerprint density at radius 2 is 2.09 bits per heavy atom. The molecule has 0 spiro atoms. The molecule has 0 saturated carbocycles. The number of nitrogens with zero attached hydrogens (tertiary/aromatic N) is 4. The maximum Gasteiger partial charge on any atom is 0.259 e. The van der Waals surface area contributed by atoms with Crippen LogP contribution in [0.4, 0.5) is 5.82 Å². The van der Waals surface area contributed by atoms with E-state index in [1.807, 2.05) is 37.8 Å². The van der Waals surface area contributed by atoms with Gasteiger partial charge in [-0.1, -0.05) is 34.6 Å². The number of carbonyl (C=O) groups is 1. The van der Waals surface area contributed by atoms with E-state index in [-0.39, 0.29) is 54.0 Å². The fourth-order valence-corrected chi connectivity index (χ4v) is 3.82. The van der Waals surface area contributed by atoms with Crippen LogP contribution in [-0.2, 0) is 12.0 Å². The molecule has 34 heavy (non-hydrogen) atoms. The van der Waals surface area contributed by atoms with Gasteiger partial charge in [0.25, 0.3) is 5.91 Å². The second-order valence-corrected chi connectivity index (χ2v) is 9.86. The van der Waals surface area contributed by atoms with E-state index in [2.05, 4.69) is 35.5 Å². The molecule has 0 aromatic carbocycles. The summed E-state index contributed by atoms with van der Waals surface area (Å²) in [4.78, 5) is 24.9. The molecule has 1 aliphatic rings. The Morgan fingerprint density at radius 1 is 1.35 bits per heavy atom. The Balaban J connectivity index is 0.00000289. The van der Waals surface area contributed by atoms with Gasteiger partial charge in [-0.25, -0.2) is 9.97 Å². The fourth-order valence-electron chi connectivity index (χ4n) is 3.82. The summed E-state index contributed by atoms with van der Waals surface area (Å²) >= 11 is 0. The van der Waals surface area contributed by atoms with Gasteiger partial charge in [-0.15, -0.1) is 24.8 Å². The van der Waals surface area contributed by atoms with Gasteiger partial charge in [0.15, 0.2) is 0 Å². The van der Waals surface area contributed by atoms with E-state index in [0.29, 0.717) is 49.8 Å². The van der Waals surface area contributed by atoms with E-state index in [0.717, 1.165) is 5.76 Å². The molecule has 3 heterocycles. The van der Waals surface area contributed by atoms with Gasteiger partial charge in [-0.05, 0) is 24.5 Å². The van der Waals surface area contributed by atoms with Gasteiger partial charge in [0.1, 0.15) is 23.0 Å². The number of furan rings is 1. The molecule has 1 fully saturated rings. The first-order chi connectivity index (χ1) is 15.2. The number of nitrogens with one attached hydrogen (secondary N) is 2. The van der Waals surface area contributed by atoms with Gasteiger partial charge in [0.05, 0.1) is 24.8 Å². The van der Waals surface area contributed by atoms with Crippen molar-refractivity contribution in [3.05, 3.63) is 41.7 Å². The number of hydrogen-bond acceptors (Lipinski definition) is 7. The van der Waals surface area contributed by atoms with Gasteiger partial charge in [0.2, 0.25) is 0 Å². The largest absolute Gasteiger partial charge is 0.467 e. The Hall–Kier alpha value is -2.34. The van der Waals surface area contributed by atoms with Crippen LogP contribution in [0.2, 0.25) is 0 Å². The van der Waals surface area contributed by atoms with Gasteiger partial charge >= 0.3 is 0 Å². The number of anilines is 1. The number of aromatic nitrogens is 2. The van der Waals surface area contributed by atoms with E-state index in [9.17, 15) is 10.1 Å². The van der Waals surface area contributed by atoms with Crippen LogP contribution in [0.1, 0.15) is 63.0 Å². The topological polar surface area (TPSA) is 107 Å². The Morgan fingerprint density at radius 3 is 2.68 bits per heavy atom. The van der Waals surface area contributed by atoms with Crippen LogP contribution >= 0.6 is 24.8 Å². The minimum absolute atomic E-state index is 0. The molecular weight excluding hydrogens is 475 g/mol. The Bertz CT molecular complexity index is 953. The second kappa shape index (κ2) is 12.9. The van der Waals surface area contributed by atoms with E-state index in [4.69, 9.17) is 9.40 Å². The monoisotopic (exact) mass is 510 g/mol. The molecule has 2 atom stereocenters. The predicted molar refractivity (Wildman–Crippen MR) is 138 cm³/mol. The number of nitriles is 1. The van der Waals surface area contributed by atoms with Gasteiger partial charge in [0, 0.05) is 37.3 Å². The third kappa shape index (κ3) is 7.59. The zero-order valence-electron chi connectivity index (χ0n) is 20.5. The lowest BCUT2D eigenvalue weighted by Gasteiger charge is -2.37. The molecular formula is C24H36Cl2N6O2. The van der Waals surface area contributed by atoms with Crippen LogP contribution in [0.25, 0.3) is 0 Å². The van der Waals surface area contributed by atoms with Crippen molar-refractivity contribution in [1.82, 2.24) is 20.2 Å². The van der Waals surface area contributed by atoms with Crippen molar-refractivity contribution in [2.24, 2.45) is 11.8 Å². The summed E-state index contributed by atoms with van der Waals surface area (Å²) in [5, 5.41) is 16.0. The van der Waals surface area contributed by atoms with Crippen molar-refractivity contribution in [3.63, 3.8) is 0 Å². The predicted octanol–water partition coefficient (Wildman–Crippen LogP) is 4.42. The second-order valence-electron chi connectivity index (χ2n) is 9.86. The molecule has 1 amide bonds. The SMILES string of the molecule is CC(C)CN(C(=O)c1cnc(C(C)(C)C)nc1NCc1ccco1)C1CNCC(C#N)C1.Cl.Cl. The van der Waals surface area contributed by atoms with Crippen molar-refractivity contribution in [1.29, 1.82) is 5.26 Å². The average molecular weight is 511 g/mol.